The first-order valence-corrected chi connectivity index (χ1v) is 9.14. The van der Waals surface area contributed by atoms with Gasteiger partial charge >= 0.3 is 0 Å². The third kappa shape index (κ3) is 5.13. The van der Waals surface area contributed by atoms with Crippen LogP contribution in [0.2, 0.25) is 0 Å². The van der Waals surface area contributed by atoms with Gasteiger partial charge in [0, 0.05) is 25.1 Å². The van der Waals surface area contributed by atoms with E-state index in [1.807, 2.05) is 0 Å². The van der Waals surface area contributed by atoms with Crippen LogP contribution < -0.4 is 15.6 Å². The van der Waals surface area contributed by atoms with E-state index in [4.69, 9.17) is 9.15 Å². The maximum atomic E-state index is 12.3. The number of nitrogens with one attached hydrogen (secondary N) is 2. The van der Waals surface area contributed by atoms with Crippen LogP contribution in [-0.2, 0) is 20.9 Å². The van der Waals surface area contributed by atoms with Crippen molar-refractivity contribution in [3.05, 3.63) is 58.5 Å². The average Bonchev–Trinajstić information content (AvgIpc) is 3.36. The maximum absolute atomic E-state index is 12.3. The second kappa shape index (κ2) is 9.07. The number of nitro groups is 1. The summed E-state index contributed by atoms with van der Waals surface area (Å²) >= 11 is 0. The molecule has 2 atom stereocenters. The first-order chi connectivity index (χ1) is 14.3. The lowest BCUT2D eigenvalue weighted by atomic mass is 10.1. The monoisotopic (exact) mass is 416 g/mol. The summed E-state index contributed by atoms with van der Waals surface area (Å²) in [5.41, 5.74) is 4.47. The molecule has 11 nitrogen and oxygen atoms in total. The Morgan fingerprint density at radius 3 is 2.67 bits per heavy atom. The van der Waals surface area contributed by atoms with E-state index in [-0.39, 0.29) is 36.9 Å². The molecule has 158 valence electrons. The van der Waals surface area contributed by atoms with Crippen LogP contribution in [0.5, 0.6) is 5.75 Å². The number of hydrogen-bond acceptors (Lipinski definition) is 7. The summed E-state index contributed by atoms with van der Waals surface area (Å²) in [5, 5.41) is 10.7. The number of amides is 3. The van der Waals surface area contributed by atoms with Gasteiger partial charge in [0.15, 0.2) is 6.10 Å². The summed E-state index contributed by atoms with van der Waals surface area (Å²) in [7, 11) is 0. The predicted octanol–water partition coefficient (Wildman–Crippen LogP) is 1.15. The van der Waals surface area contributed by atoms with Gasteiger partial charge in [-0.15, -0.1) is 0 Å². The van der Waals surface area contributed by atoms with Gasteiger partial charge in [-0.2, -0.15) is 0 Å². The van der Waals surface area contributed by atoms with Crippen LogP contribution in [-0.4, -0.2) is 40.2 Å². The SMILES string of the molecule is CC(Oc1ccc([N+](=O)[O-])cc1)C(=O)NNC(=O)C1CC(=O)N(Cc2ccco2)C1. The van der Waals surface area contributed by atoms with Crippen LogP contribution in [0.4, 0.5) is 5.69 Å². The van der Waals surface area contributed by atoms with Crippen LogP contribution in [0.3, 0.4) is 0 Å². The molecule has 0 bridgehead atoms. The van der Waals surface area contributed by atoms with E-state index < -0.39 is 28.8 Å². The second-order valence-electron chi connectivity index (χ2n) is 6.74. The molecule has 1 aliphatic heterocycles. The van der Waals surface area contributed by atoms with Crippen LogP contribution in [0.15, 0.2) is 47.1 Å². The molecule has 0 radical (unpaired) electrons. The zero-order valence-corrected chi connectivity index (χ0v) is 16.1. The molecule has 0 saturated carbocycles. The highest BCUT2D eigenvalue weighted by molar-refractivity contribution is 5.90. The van der Waals surface area contributed by atoms with Crippen LogP contribution >= 0.6 is 0 Å². The number of furan rings is 1. The molecular weight excluding hydrogens is 396 g/mol. The first kappa shape index (κ1) is 20.8. The Balaban J connectivity index is 1.45. The van der Waals surface area contributed by atoms with Crippen molar-refractivity contribution in [2.75, 3.05) is 6.54 Å². The van der Waals surface area contributed by atoms with Gasteiger partial charge in [-0.3, -0.25) is 35.3 Å². The number of likely N-dealkylation sites (tertiary alicyclic amines) is 1. The fraction of sp³-hybridized carbons (Fsp3) is 0.316. The normalized spacial score (nSPS) is 16.8. The Hall–Kier alpha value is -3.89. The highest BCUT2D eigenvalue weighted by Crippen LogP contribution is 2.21. The summed E-state index contributed by atoms with van der Waals surface area (Å²) < 4.78 is 10.6. The van der Waals surface area contributed by atoms with Crippen LogP contribution in [0.25, 0.3) is 0 Å². The van der Waals surface area contributed by atoms with E-state index in [1.54, 1.807) is 12.1 Å². The number of benzene rings is 1. The minimum Gasteiger partial charge on any atom is -0.481 e. The standard InChI is InChI=1S/C19H20N4O7/c1-12(30-15-6-4-14(5-7-15)23(27)28)18(25)20-21-19(26)13-9-17(24)22(10-13)11-16-3-2-8-29-16/h2-8,12-13H,9-11H2,1H3,(H,20,25)(H,21,26). The van der Waals surface area contributed by atoms with Gasteiger partial charge in [-0.05, 0) is 31.2 Å². The van der Waals surface area contributed by atoms with Crippen molar-refractivity contribution in [3.63, 3.8) is 0 Å². The predicted molar refractivity (Wildman–Crippen MR) is 102 cm³/mol. The zero-order chi connectivity index (χ0) is 21.7. The largest absolute Gasteiger partial charge is 0.481 e. The van der Waals surface area contributed by atoms with Crippen molar-refractivity contribution in [2.24, 2.45) is 5.92 Å². The molecule has 1 aromatic carbocycles. The number of carbonyl (C=O) groups excluding carboxylic acids is 3. The van der Waals surface area contributed by atoms with Gasteiger partial charge in [0.1, 0.15) is 11.5 Å². The number of hydrazine groups is 1. The number of nitro benzene ring substituents is 1. The van der Waals surface area contributed by atoms with E-state index in [9.17, 15) is 24.5 Å². The van der Waals surface area contributed by atoms with Crippen molar-refractivity contribution < 1.29 is 28.5 Å². The Morgan fingerprint density at radius 2 is 2.03 bits per heavy atom. The lowest BCUT2D eigenvalue weighted by Crippen LogP contribution is -2.49. The Morgan fingerprint density at radius 1 is 1.30 bits per heavy atom. The van der Waals surface area contributed by atoms with Crippen molar-refractivity contribution in [1.29, 1.82) is 0 Å². The average molecular weight is 416 g/mol. The summed E-state index contributed by atoms with van der Waals surface area (Å²) in [4.78, 5) is 48.1. The number of rotatable bonds is 7. The van der Waals surface area contributed by atoms with E-state index in [0.717, 1.165) is 0 Å². The molecule has 3 rings (SSSR count). The quantitative estimate of drug-likeness (QED) is 0.509. The third-order valence-corrected chi connectivity index (χ3v) is 4.55. The van der Waals surface area contributed by atoms with E-state index in [0.29, 0.717) is 5.76 Å². The van der Waals surface area contributed by atoms with Crippen molar-refractivity contribution >= 4 is 23.4 Å². The topological polar surface area (TPSA) is 144 Å². The van der Waals surface area contributed by atoms with Crippen molar-refractivity contribution in [3.8, 4) is 5.75 Å². The molecule has 0 aliphatic carbocycles. The summed E-state index contributed by atoms with van der Waals surface area (Å²) in [5.74, 6) is -0.981. The molecule has 11 heteroatoms. The van der Waals surface area contributed by atoms with Crippen LogP contribution in [0, 0.1) is 16.0 Å². The molecule has 0 spiro atoms. The van der Waals surface area contributed by atoms with Gasteiger partial charge in [-0.25, -0.2) is 0 Å². The van der Waals surface area contributed by atoms with E-state index in [2.05, 4.69) is 10.9 Å². The molecule has 30 heavy (non-hydrogen) atoms. The molecule has 1 saturated heterocycles. The summed E-state index contributed by atoms with van der Waals surface area (Å²) in [6.45, 7) is 1.96. The number of ether oxygens (including phenoxy) is 1. The highest BCUT2D eigenvalue weighted by Gasteiger charge is 2.35. The van der Waals surface area contributed by atoms with E-state index >= 15 is 0 Å². The molecule has 1 aromatic heterocycles. The number of hydrogen-bond donors (Lipinski definition) is 2. The molecular formula is C19H20N4O7. The third-order valence-electron chi connectivity index (χ3n) is 4.55. The lowest BCUT2D eigenvalue weighted by molar-refractivity contribution is -0.384. The van der Waals surface area contributed by atoms with Gasteiger partial charge in [-0.1, -0.05) is 0 Å². The number of non-ortho nitro benzene ring substituents is 1. The van der Waals surface area contributed by atoms with Crippen molar-refractivity contribution in [1.82, 2.24) is 15.8 Å². The molecule has 2 heterocycles. The van der Waals surface area contributed by atoms with Gasteiger partial charge in [0.2, 0.25) is 11.8 Å². The van der Waals surface area contributed by atoms with Gasteiger partial charge in [0.05, 0.1) is 23.6 Å². The van der Waals surface area contributed by atoms with E-state index in [1.165, 1.54) is 42.4 Å². The molecule has 1 fully saturated rings. The molecule has 2 unspecified atom stereocenters. The molecule has 1 aliphatic rings. The second-order valence-corrected chi connectivity index (χ2v) is 6.74. The minimum atomic E-state index is -0.965. The Labute approximate surface area is 171 Å². The first-order valence-electron chi connectivity index (χ1n) is 9.14. The smallest absolute Gasteiger partial charge is 0.279 e. The fourth-order valence-electron chi connectivity index (χ4n) is 2.92. The number of nitrogens with zero attached hydrogens (tertiary/aromatic N) is 2. The van der Waals surface area contributed by atoms with Crippen LogP contribution in [0.1, 0.15) is 19.1 Å². The molecule has 3 amide bonds. The fourth-order valence-corrected chi connectivity index (χ4v) is 2.92. The maximum Gasteiger partial charge on any atom is 0.279 e. The molecule has 2 N–H and O–H groups in total. The Kier molecular flexibility index (Phi) is 6.30. The Bertz CT molecular complexity index is 927. The highest BCUT2D eigenvalue weighted by atomic mass is 16.6. The van der Waals surface area contributed by atoms with Gasteiger partial charge < -0.3 is 14.1 Å². The van der Waals surface area contributed by atoms with Crippen molar-refractivity contribution in [2.45, 2.75) is 26.0 Å². The number of carbonyl (C=O) groups is 3. The molecule has 2 aromatic rings. The summed E-state index contributed by atoms with van der Waals surface area (Å²) in [6.07, 6.45) is 0.583. The van der Waals surface area contributed by atoms with Gasteiger partial charge in [0.25, 0.3) is 11.6 Å². The summed E-state index contributed by atoms with van der Waals surface area (Å²) in [6, 6.07) is 8.72. The lowest BCUT2D eigenvalue weighted by Gasteiger charge is -2.17. The zero-order valence-electron chi connectivity index (χ0n) is 16.1. The minimum absolute atomic E-state index is 0.0389.